The van der Waals surface area contributed by atoms with Crippen LogP contribution in [0.4, 0.5) is 0 Å². The van der Waals surface area contributed by atoms with Gasteiger partial charge in [-0.05, 0) is 31.4 Å². The summed E-state index contributed by atoms with van der Waals surface area (Å²) >= 11 is 0. The van der Waals surface area contributed by atoms with E-state index in [1.54, 1.807) is 24.3 Å². The molecular weight excluding hydrogens is 372 g/mol. The summed E-state index contributed by atoms with van der Waals surface area (Å²) in [4.78, 5) is 23.3. The molecule has 1 fully saturated rings. The highest BCUT2D eigenvalue weighted by atomic mass is 16.5. The number of carbonyl (C=O) groups is 2. The molecule has 0 aliphatic heterocycles. The van der Waals surface area contributed by atoms with E-state index in [-0.39, 0.29) is 36.4 Å². The van der Waals surface area contributed by atoms with Gasteiger partial charge in [-0.1, -0.05) is 42.5 Å². The van der Waals surface area contributed by atoms with Crippen molar-refractivity contribution < 1.29 is 29.6 Å². The predicted molar refractivity (Wildman–Crippen MR) is 109 cm³/mol. The quantitative estimate of drug-likeness (QED) is 0.366. The lowest BCUT2D eigenvalue weighted by Gasteiger charge is -2.17. The second-order valence-corrected chi connectivity index (χ2v) is 7.29. The summed E-state index contributed by atoms with van der Waals surface area (Å²) < 4.78 is 5.50. The van der Waals surface area contributed by atoms with Gasteiger partial charge in [-0.2, -0.15) is 0 Å². The van der Waals surface area contributed by atoms with Gasteiger partial charge in [-0.3, -0.25) is 9.59 Å². The van der Waals surface area contributed by atoms with Crippen molar-refractivity contribution in [1.82, 2.24) is 0 Å². The summed E-state index contributed by atoms with van der Waals surface area (Å²) in [6, 6.07) is 9.18. The Hall–Kier alpha value is -2.28. The van der Waals surface area contributed by atoms with Gasteiger partial charge in [0.15, 0.2) is 5.78 Å². The van der Waals surface area contributed by atoms with Crippen molar-refractivity contribution in [2.75, 3.05) is 13.2 Å². The largest absolute Gasteiger partial charge is 0.491 e. The van der Waals surface area contributed by atoms with Crippen LogP contribution in [0.1, 0.15) is 32.1 Å². The standard InChI is InChI=1S/C23H30O6/c24-15-17(25)8-4-1-2-7-11-20-21(23(28)14-22(20)27)13-12-18(26)16-29-19-9-5-3-6-10-19/h2-3,5-7,9-10,12-13,18,20-21,23-24,26,28H,1,4,8,11,14-16H2/b7-2+,13-12+/t18?,20-,21-,23-/m1/s1. The fourth-order valence-electron chi connectivity index (χ4n) is 3.39. The number of ketones is 2. The van der Waals surface area contributed by atoms with Gasteiger partial charge < -0.3 is 20.1 Å². The van der Waals surface area contributed by atoms with Crippen LogP contribution in [0.15, 0.2) is 54.6 Å². The molecule has 0 radical (unpaired) electrons. The highest BCUT2D eigenvalue weighted by Crippen LogP contribution is 2.33. The van der Waals surface area contributed by atoms with E-state index in [4.69, 9.17) is 9.84 Å². The number of aliphatic hydroxyl groups excluding tert-OH is 3. The zero-order valence-electron chi connectivity index (χ0n) is 16.5. The Labute approximate surface area is 171 Å². The van der Waals surface area contributed by atoms with Gasteiger partial charge in [0, 0.05) is 24.7 Å². The highest BCUT2D eigenvalue weighted by Gasteiger charge is 2.39. The molecule has 6 heteroatoms. The minimum atomic E-state index is -0.835. The van der Waals surface area contributed by atoms with Crippen molar-refractivity contribution in [3.63, 3.8) is 0 Å². The maximum atomic E-state index is 12.2. The van der Waals surface area contributed by atoms with Crippen LogP contribution in [0, 0.1) is 11.8 Å². The van der Waals surface area contributed by atoms with E-state index in [2.05, 4.69) is 0 Å². The topological polar surface area (TPSA) is 104 Å². The molecule has 1 aliphatic carbocycles. The lowest BCUT2D eigenvalue weighted by molar-refractivity contribution is -0.122. The summed E-state index contributed by atoms with van der Waals surface area (Å²) in [5.74, 6) is -0.150. The summed E-state index contributed by atoms with van der Waals surface area (Å²) in [6.45, 7) is -0.331. The molecule has 1 aromatic rings. The van der Waals surface area contributed by atoms with Gasteiger partial charge >= 0.3 is 0 Å². The lowest BCUT2D eigenvalue weighted by atomic mass is 9.90. The van der Waals surface area contributed by atoms with Crippen LogP contribution in [0.25, 0.3) is 0 Å². The van der Waals surface area contributed by atoms with Gasteiger partial charge in [0.2, 0.25) is 0 Å². The number of benzene rings is 1. The lowest BCUT2D eigenvalue weighted by Crippen LogP contribution is -2.20. The van der Waals surface area contributed by atoms with Gasteiger partial charge in [0.25, 0.3) is 0 Å². The first-order valence-corrected chi connectivity index (χ1v) is 10.0. The third-order valence-electron chi connectivity index (χ3n) is 5.01. The van der Waals surface area contributed by atoms with Crippen LogP contribution >= 0.6 is 0 Å². The van der Waals surface area contributed by atoms with E-state index in [9.17, 15) is 19.8 Å². The molecule has 1 aromatic carbocycles. The smallest absolute Gasteiger partial charge is 0.158 e. The van der Waals surface area contributed by atoms with E-state index in [1.165, 1.54) is 0 Å². The molecule has 4 atom stereocenters. The van der Waals surface area contributed by atoms with E-state index in [0.717, 1.165) is 0 Å². The molecule has 0 spiro atoms. The number of carbonyl (C=O) groups excluding carboxylic acids is 2. The van der Waals surface area contributed by atoms with Gasteiger partial charge in [0.1, 0.15) is 30.9 Å². The molecule has 29 heavy (non-hydrogen) atoms. The van der Waals surface area contributed by atoms with E-state index in [1.807, 2.05) is 30.4 Å². The molecule has 0 saturated heterocycles. The van der Waals surface area contributed by atoms with Crippen LogP contribution in [0.3, 0.4) is 0 Å². The number of aliphatic hydroxyl groups is 3. The Balaban J connectivity index is 1.81. The fraction of sp³-hybridized carbons (Fsp3) is 0.478. The molecule has 1 saturated carbocycles. The first kappa shape index (κ1) is 23.0. The van der Waals surface area contributed by atoms with E-state index >= 15 is 0 Å². The molecular formula is C23H30O6. The normalized spacial score (nSPS) is 23.1. The van der Waals surface area contributed by atoms with Crippen LogP contribution in [0.2, 0.25) is 0 Å². The Bertz CT molecular complexity index is 697. The van der Waals surface area contributed by atoms with Crippen molar-refractivity contribution in [1.29, 1.82) is 0 Å². The summed E-state index contributed by atoms with van der Waals surface area (Å²) in [5.41, 5.74) is 0. The van der Waals surface area contributed by atoms with Crippen molar-refractivity contribution in [2.24, 2.45) is 11.8 Å². The second-order valence-electron chi connectivity index (χ2n) is 7.29. The minimum Gasteiger partial charge on any atom is -0.491 e. The van der Waals surface area contributed by atoms with Gasteiger partial charge in [-0.25, -0.2) is 0 Å². The molecule has 158 valence electrons. The Morgan fingerprint density at radius 3 is 2.72 bits per heavy atom. The number of allylic oxidation sites excluding steroid dienone is 2. The predicted octanol–water partition coefficient (Wildman–Crippen LogP) is 2.23. The Kier molecular flexibility index (Phi) is 9.77. The van der Waals surface area contributed by atoms with Crippen molar-refractivity contribution >= 4 is 11.6 Å². The Morgan fingerprint density at radius 2 is 2.00 bits per heavy atom. The maximum absolute atomic E-state index is 12.2. The molecule has 0 amide bonds. The molecule has 2 rings (SSSR count). The van der Waals surface area contributed by atoms with Crippen LogP contribution in [0.5, 0.6) is 5.75 Å². The average molecular weight is 402 g/mol. The SMILES string of the molecule is O=C(CO)CCC/C=C/C[C@H]1C(=O)C[C@@H](O)[C@@H]1/C=C/C(O)COc1ccccc1. The number of unbranched alkanes of at least 4 members (excludes halogenated alkanes) is 1. The van der Waals surface area contributed by atoms with Gasteiger partial charge in [0.05, 0.1) is 6.10 Å². The third-order valence-corrected chi connectivity index (χ3v) is 5.01. The summed E-state index contributed by atoms with van der Waals surface area (Å²) in [5, 5.41) is 29.0. The number of Topliss-reactive ketones (excluding diaryl/α,β-unsaturated/α-hetero) is 2. The molecule has 0 aromatic heterocycles. The molecule has 0 heterocycles. The molecule has 0 bridgehead atoms. The monoisotopic (exact) mass is 402 g/mol. The van der Waals surface area contributed by atoms with Crippen molar-refractivity contribution in [3.8, 4) is 5.75 Å². The zero-order valence-corrected chi connectivity index (χ0v) is 16.5. The van der Waals surface area contributed by atoms with Crippen LogP contribution < -0.4 is 4.74 Å². The number of hydrogen-bond acceptors (Lipinski definition) is 6. The van der Waals surface area contributed by atoms with Crippen LogP contribution in [-0.2, 0) is 9.59 Å². The molecule has 1 aliphatic rings. The average Bonchev–Trinajstić information content (AvgIpc) is 3.00. The fourth-order valence-corrected chi connectivity index (χ4v) is 3.39. The second kappa shape index (κ2) is 12.3. The van der Waals surface area contributed by atoms with Gasteiger partial charge in [-0.15, -0.1) is 0 Å². The van der Waals surface area contributed by atoms with Crippen LogP contribution in [-0.4, -0.2) is 52.3 Å². The number of hydrogen-bond donors (Lipinski definition) is 3. The summed E-state index contributed by atoms with van der Waals surface area (Å²) in [7, 11) is 0. The first-order chi connectivity index (χ1) is 14.0. The van der Waals surface area contributed by atoms with E-state index < -0.39 is 18.8 Å². The van der Waals surface area contributed by atoms with Crippen molar-refractivity contribution in [2.45, 2.75) is 44.3 Å². The summed E-state index contributed by atoms with van der Waals surface area (Å²) in [6.07, 6.45) is 7.87. The number of rotatable bonds is 12. The molecule has 1 unspecified atom stereocenters. The van der Waals surface area contributed by atoms with E-state index in [0.29, 0.717) is 31.4 Å². The number of ether oxygens (including phenoxy) is 1. The Morgan fingerprint density at radius 1 is 1.24 bits per heavy atom. The molecule has 3 N–H and O–H groups in total. The number of para-hydroxylation sites is 1. The highest BCUT2D eigenvalue weighted by molar-refractivity contribution is 5.84. The molecule has 6 nitrogen and oxygen atoms in total. The third kappa shape index (κ3) is 7.93. The van der Waals surface area contributed by atoms with Crippen molar-refractivity contribution in [3.05, 3.63) is 54.6 Å². The first-order valence-electron chi connectivity index (χ1n) is 10.0. The minimum absolute atomic E-state index is 0.0160. The zero-order chi connectivity index (χ0) is 21.1. The maximum Gasteiger partial charge on any atom is 0.158 e.